The van der Waals surface area contributed by atoms with Crippen molar-refractivity contribution in [3.8, 4) is 0 Å². The van der Waals surface area contributed by atoms with Crippen LogP contribution in [0.3, 0.4) is 0 Å². The van der Waals surface area contributed by atoms with E-state index in [1.807, 2.05) is 6.92 Å². The molecular weight excluding hydrogens is 432 g/mol. The number of carbonyl (C=O) groups is 4. The van der Waals surface area contributed by atoms with Crippen LogP contribution in [0.15, 0.2) is 11.6 Å². The molecule has 0 saturated heterocycles. The lowest BCUT2D eigenvalue weighted by molar-refractivity contribution is -0.192. The predicted molar refractivity (Wildman–Crippen MR) is 127 cm³/mol. The first kappa shape index (κ1) is 25.1. The molecule has 4 aliphatic rings. The minimum absolute atomic E-state index is 0.0351. The van der Waals surface area contributed by atoms with Crippen molar-refractivity contribution >= 4 is 23.5 Å². The highest BCUT2D eigenvalue weighted by Gasteiger charge is 2.70. The predicted octanol–water partition coefficient (Wildman–Crippen LogP) is 4.98. The van der Waals surface area contributed by atoms with Crippen LogP contribution in [0.4, 0.5) is 0 Å². The fraction of sp³-hybridized carbons (Fsp3) is 0.786. The first-order chi connectivity index (χ1) is 16.0. The van der Waals surface area contributed by atoms with Crippen LogP contribution in [-0.4, -0.2) is 35.7 Å². The number of carbonyl (C=O) groups excluding carboxylic acids is 4. The minimum atomic E-state index is -1.30. The van der Waals surface area contributed by atoms with E-state index in [0.29, 0.717) is 36.9 Å². The molecule has 3 saturated carbocycles. The van der Waals surface area contributed by atoms with Crippen molar-refractivity contribution in [1.29, 1.82) is 0 Å². The third-order valence-corrected chi connectivity index (χ3v) is 10.0. The molecule has 4 rings (SSSR count). The summed E-state index contributed by atoms with van der Waals surface area (Å²) in [5.74, 6) is 0.0242. The maximum Gasteiger partial charge on any atom is 0.306 e. The Morgan fingerprint density at radius 3 is 2.47 bits per heavy atom. The van der Waals surface area contributed by atoms with Crippen molar-refractivity contribution < 1.29 is 28.7 Å². The van der Waals surface area contributed by atoms with Gasteiger partial charge in [-0.05, 0) is 55.3 Å². The van der Waals surface area contributed by atoms with Gasteiger partial charge in [0.05, 0.1) is 0 Å². The van der Waals surface area contributed by atoms with E-state index in [2.05, 4.69) is 19.9 Å². The topological polar surface area (TPSA) is 86.7 Å². The molecule has 0 aromatic heterocycles. The molecule has 0 aliphatic heterocycles. The number of rotatable bonds is 6. The van der Waals surface area contributed by atoms with Crippen molar-refractivity contribution in [3.63, 3.8) is 0 Å². The number of allylic oxidation sites excluding steroid dienone is 2. The third-order valence-electron chi connectivity index (χ3n) is 10.0. The zero-order valence-corrected chi connectivity index (χ0v) is 21.4. The molecule has 0 aromatic rings. The van der Waals surface area contributed by atoms with Crippen LogP contribution in [0.2, 0.25) is 0 Å². The second kappa shape index (κ2) is 8.91. The second-order valence-corrected chi connectivity index (χ2v) is 11.6. The normalized spacial score (nSPS) is 41.0. The highest BCUT2D eigenvalue weighted by molar-refractivity contribution is 5.93. The molecule has 0 spiro atoms. The van der Waals surface area contributed by atoms with Gasteiger partial charge in [0.25, 0.3) is 0 Å². The molecule has 0 bridgehead atoms. The molecule has 7 atom stereocenters. The Balaban J connectivity index is 1.73. The smallest absolute Gasteiger partial charge is 0.306 e. The van der Waals surface area contributed by atoms with Gasteiger partial charge in [0.15, 0.2) is 12.2 Å². The SMILES string of the molecule is CCC(=O)OCC(=O)[C@]1(OC(=O)CC)[C@H](C)C[C@H]2[C@@H]3CC[C@@H]4CC(=O)CC[C@]4(C)C3=CC[C@@]21C. The van der Waals surface area contributed by atoms with Crippen molar-refractivity contribution in [2.45, 2.75) is 98.0 Å². The van der Waals surface area contributed by atoms with Gasteiger partial charge in [-0.2, -0.15) is 0 Å². The molecule has 188 valence electrons. The molecule has 6 nitrogen and oxygen atoms in total. The first-order valence-corrected chi connectivity index (χ1v) is 13.2. The summed E-state index contributed by atoms with van der Waals surface area (Å²) in [6.07, 6.45) is 8.40. The number of fused-ring (bicyclic) bond motifs is 5. The third kappa shape index (κ3) is 3.58. The Kier molecular flexibility index (Phi) is 6.58. The number of ether oxygens (including phenoxy) is 2. The number of Topliss-reactive ketones (excluding diaryl/α,β-unsaturated/α-hetero) is 2. The standard InChI is InChI=1S/C28H40O6/c1-6-24(31)33-16-23(30)28(34-25(32)7-2)17(3)14-22-20-9-8-18-15-19(29)10-12-26(18,4)21(20)11-13-27(22,28)5/h11,17-18,20,22H,6-10,12-16H2,1-5H3/t17-,18-,20-,22+,26+,27+,28-/m1/s1. The molecule has 34 heavy (non-hydrogen) atoms. The Labute approximate surface area is 203 Å². The van der Waals surface area contributed by atoms with Gasteiger partial charge in [-0.3, -0.25) is 19.2 Å². The fourth-order valence-corrected chi connectivity index (χ4v) is 8.12. The molecule has 0 radical (unpaired) electrons. The van der Waals surface area contributed by atoms with Gasteiger partial charge in [0.1, 0.15) is 5.78 Å². The van der Waals surface area contributed by atoms with Crippen LogP contribution in [0.1, 0.15) is 92.4 Å². The Bertz CT molecular complexity index is 920. The first-order valence-electron chi connectivity index (χ1n) is 13.2. The zero-order valence-electron chi connectivity index (χ0n) is 21.4. The summed E-state index contributed by atoms with van der Waals surface area (Å²) in [4.78, 5) is 50.4. The summed E-state index contributed by atoms with van der Waals surface area (Å²) >= 11 is 0. The molecular formula is C28H40O6. The van der Waals surface area contributed by atoms with E-state index in [9.17, 15) is 19.2 Å². The quantitative estimate of drug-likeness (QED) is 0.400. The average Bonchev–Trinajstić information content (AvgIpc) is 3.04. The van der Waals surface area contributed by atoms with E-state index < -0.39 is 17.0 Å². The summed E-state index contributed by atoms with van der Waals surface area (Å²) in [5.41, 5.74) is -0.364. The van der Waals surface area contributed by atoms with Crippen LogP contribution < -0.4 is 0 Å². The Hall–Kier alpha value is -1.98. The van der Waals surface area contributed by atoms with Gasteiger partial charge < -0.3 is 9.47 Å². The summed E-state index contributed by atoms with van der Waals surface area (Å²) in [5, 5.41) is 0. The zero-order chi connectivity index (χ0) is 24.9. The molecule has 0 unspecified atom stereocenters. The summed E-state index contributed by atoms with van der Waals surface area (Å²) in [6.45, 7) is 9.53. The lowest BCUT2D eigenvalue weighted by Gasteiger charge is -2.57. The summed E-state index contributed by atoms with van der Waals surface area (Å²) in [7, 11) is 0. The summed E-state index contributed by atoms with van der Waals surface area (Å²) in [6, 6.07) is 0. The molecule has 0 N–H and O–H groups in total. The molecule has 0 aromatic carbocycles. The van der Waals surface area contributed by atoms with E-state index in [1.54, 1.807) is 13.8 Å². The number of hydrogen-bond acceptors (Lipinski definition) is 6. The number of ketones is 2. The van der Waals surface area contributed by atoms with Gasteiger partial charge in [-0.15, -0.1) is 0 Å². The summed E-state index contributed by atoms with van der Waals surface area (Å²) < 4.78 is 11.4. The fourth-order valence-electron chi connectivity index (χ4n) is 8.12. The van der Waals surface area contributed by atoms with Gasteiger partial charge in [0, 0.05) is 37.0 Å². The van der Waals surface area contributed by atoms with Crippen LogP contribution in [0.25, 0.3) is 0 Å². The van der Waals surface area contributed by atoms with Crippen molar-refractivity contribution in [2.24, 2.45) is 34.5 Å². The van der Waals surface area contributed by atoms with E-state index in [0.717, 1.165) is 25.7 Å². The Morgan fingerprint density at radius 2 is 1.79 bits per heavy atom. The molecule has 6 heteroatoms. The maximum atomic E-state index is 13.8. The molecule has 4 aliphatic carbocycles. The van der Waals surface area contributed by atoms with E-state index in [-0.39, 0.29) is 48.5 Å². The number of esters is 2. The van der Waals surface area contributed by atoms with Crippen molar-refractivity contribution in [2.75, 3.05) is 6.61 Å². The highest BCUT2D eigenvalue weighted by Crippen LogP contribution is 2.68. The Morgan fingerprint density at radius 1 is 1.09 bits per heavy atom. The van der Waals surface area contributed by atoms with Crippen LogP contribution in [0, 0.1) is 34.5 Å². The van der Waals surface area contributed by atoms with Gasteiger partial charge in [0.2, 0.25) is 5.78 Å². The average molecular weight is 473 g/mol. The van der Waals surface area contributed by atoms with Crippen LogP contribution in [-0.2, 0) is 28.7 Å². The second-order valence-electron chi connectivity index (χ2n) is 11.6. The lowest BCUT2D eigenvalue weighted by Crippen LogP contribution is -2.60. The largest absolute Gasteiger partial charge is 0.457 e. The lowest BCUT2D eigenvalue weighted by atomic mass is 9.48. The van der Waals surface area contributed by atoms with Crippen molar-refractivity contribution in [3.05, 3.63) is 11.6 Å². The molecule has 0 amide bonds. The van der Waals surface area contributed by atoms with Gasteiger partial charge in [-0.1, -0.05) is 46.3 Å². The number of hydrogen-bond donors (Lipinski definition) is 0. The highest BCUT2D eigenvalue weighted by atomic mass is 16.6. The van der Waals surface area contributed by atoms with Gasteiger partial charge in [-0.25, -0.2) is 0 Å². The van der Waals surface area contributed by atoms with E-state index in [4.69, 9.17) is 9.47 Å². The van der Waals surface area contributed by atoms with Crippen LogP contribution >= 0.6 is 0 Å². The molecule has 3 fully saturated rings. The minimum Gasteiger partial charge on any atom is -0.457 e. The van der Waals surface area contributed by atoms with Crippen molar-refractivity contribution in [1.82, 2.24) is 0 Å². The maximum absolute atomic E-state index is 13.8. The van der Waals surface area contributed by atoms with E-state index >= 15 is 0 Å². The molecule has 0 heterocycles. The monoisotopic (exact) mass is 472 g/mol. The van der Waals surface area contributed by atoms with Gasteiger partial charge >= 0.3 is 11.9 Å². The van der Waals surface area contributed by atoms with E-state index in [1.165, 1.54) is 5.57 Å². The van der Waals surface area contributed by atoms with Crippen LogP contribution in [0.5, 0.6) is 0 Å².